The molecule has 0 N–H and O–H groups in total. The smallest absolute Gasteiger partial charge is 0.227 e. The molecule has 28 heavy (non-hydrogen) atoms. The zero-order chi connectivity index (χ0) is 19.3. The number of carbonyl (C=O) groups is 1. The molecule has 2 aromatic rings. The molecular weight excluding hydrogens is 352 g/mol. The first-order valence-electron chi connectivity index (χ1n) is 10.6. The van der Waals surface area contributed by atoms with E-state index in [4.69, 9.17) is 4.52 Å². The minimum atomic E-state index is 0.202. The van der Waals surface area contributed by atoms with Gasteiger partial charge in [0.05, 0.1) is 0 Å². The number of likely N-dealkylation sites (tertiary alicyclic amines) is 2. The summed E-state index contributed by atoms with van der Waals surface area (Å²) in [5.74, 6) is 1.34. The van der Waals surface area contributed by atoms with Crippen LogP contribution in [0.1, 0.15) is 50.0 Å². The van der Waals surface area contributed by atoms with Crippen LogP contribution in [0.3, 0.4) is 0 Å². The predicted octanol–water partition coefficient (Wildman–Crippen LogP) is 3.45. The molecule has 2 fully saturated rings. The van der Waals surface area contributed by atoms with Gasteiger partial charge in [-0.25, -0.2) is 0 Å². The van der Waals surface area contributed by atoms with Gasteiger partial charge >= 0.3 is 0 Å². The van der Waals surface area contributed by atoms with Gasteiger partial charge in [0.1, 0.15) is 0 Å². The number of aromatic nitrogens is 2. The summed E-state index contributed by atoms with van der Waals surface area (Å²) < 4.78 is 5.37. The standard InChI is InChI=1S/C22H30N4O2/c1-17-7-3-4-8-19(17)22-23-20(28-24-22)9-10-21(27)26-15-11-18(12-16-26)25-13-5-2-6-14-25/h3-4,7-8,18H,2,5-6,9-16H2,1H3. The molecule has 1 amide bonds. The monoisotopic (exact) mass is 382 g/mol. The number of hydrogen-bond acceptors (Lipinski definition) is 5. The molecule has 6 nitrogen and oxygen atoms in total. The Balaban J connectivity index is 1.26. The summed E-state index contributed by atoms with van der Waals surface area (Å²) in [5, 5.41) is 4.08. The van der Waals surface area contributed by atoms with E-state index in [9.17, 15) is 4.79 Å². The highest BCUT2D eigenvalue weighted by atomic mass is 16.5. The molecular formula is C22H30N4O2. The largest absolute Gasteiger partial charge is 0.343 e. The minimum absolute atomic E-state index is 0.202. The van der Waals surface area contributed by atoms with E-state index < -0.39 is 0 Å². The van der Waals surface area contributed by atoms with Crippen molar-refractivity contribution in [2.24, 2.45) is 0 Å². The lowest BCUT2D eigenvalue weighted by atomic mass is 9.99. The maximum absolute atomic E-state index is 12.6. The van der Waals surface area contributed by atoms with Crippen LogP contribution in [0.5, 0.6) is 0 Å². The van der Waals surface area contributed by atoms with Gasteiger partial charge in [0, 0.05) is 37.5 Å². The summed E-state index contributed by atoms with van der Waals surface area (Å²) in [4.78, 5) is 21.7. The zero-order valence-corrected chi connectivity index (χ0v) is 16.8. The van der Waals surface area contributed by atoms with Gasteiger partial charge in [0.25, 0.3) is 0 Å². The van der Waals surface area contributed by atoms with Crippen molar-refractivity contribution in [3.8, 4) is 11.4 Å². The van der Waals surface area contributed by atoms with Crippen molar-refractivity contribution in [2.75, 3.05) is 26.2 Å². The van der Waals surface area contributed by atoms with E-state index in [1.54, 1.807) is 0 Å². The third-order valence-corrected chi connectivity index (χ3v) is 6.13. The van der Waals surface area contributed by atoms with Gasteiger partial charge in [-0.1, -0.05) is 35.8 Å². The van der Waals surface area contributed by atoms with E-state index in [0.29, 0.717) is 30.6 Å². The first-order valence-corrected chi connectivity index (χ1v) is 10.6. The van der Waals surface area contributed by atoms with Crippen molar-refractivity contribution < 1.29 is 9.32 Å². The molecule has 0 radical (unpaired) electrons. The van der Waals surface area contributed by atoms with Gasteiger partial charge in [-0.2, -0.15) is 4.98 Å². The Bertz CT molecular complexity index is 789. The van der Waals surface area contributed by atoms with Crippen molar-refractivity contribution in [3.63, 3.8) is 0 Å². The molecule has 0 spiro atoms. The van der Waals surface area contributed by atoms with Gasteiger partial charge < -0.3 is 14.3 Å². The van der Waals surface area contributed by atoms with Crippen LogP contribution < -0.4 is 0 Å². The maximum Gasteiger partial charge on any atom is 0.227 e. The SMILES string of the molecule is Cc1ccccc1-c1noc(CCC(=O)N2CCC(N3CCCCC3)CC2)n1. The fraction of sp³-hybridized carbons (Fsp3) is 0.591. The minimum Gasteiger partial charge on any atom is -0.343 e. The number of nitrogens with zero attached hydrogens (tertiary/aromatic N) is 4. The van der Waals surface area contributed by atoms with Crippen molar-refractivity contribution >= 4 is 5.91 Å². The third kappa shape index (κ3) is 4.43. The second-order valence-corrected chi connectivity index (χ2v) is 8.04. The molecule has 0 unspecified atom stereocenters. The molecule has 6 heteroatoms. The highest BCUT2D eigenvalue weighted by Crippen LogP contribution is 2.22. The topological polar surface area (TPSA) is 62.5 Å². The van der Waals surface area contributed by atoms with Gasteiger partial charge in [0.15, 0.2) is 0 Å². The molecule has 1 aromatic carbocycles. The number of carbonyl (C=O) groups excluding carboxylic acids is 1. The lowest BCUT2D eigenvalue weighted by Crippen LogP contribution is -2.48. The average Bonchev–Trinajstić information content (AvgIpc) is 3.22. The van der Waals surface area contributed by atoms with Crippen LogP contribution in [0.25, 0.3) is 11.4 Å². The molecule has 2 aliphatic heterocycles. The molecule has 2 aliphatic rings. The van der Waals surface area contributed by atoms with E-state index in [0.717, 1.165) is 37.1 Å². The number of aryl methyl sites for hydroxylation is 2. The summed E-state index contributed by atoms with van der Waals surface area (Å²) >= 11 is 0. The van der Waals surface area contributed by atoms with Crippen LogP contribution in [-0.2, 0) is 11.2 Å². The summed E-state index contributed by atoms with van der Waals surface area (Å²) in [7, 11) is 0. The lowest BCUT2D eigenvalue weighted by molar-refractivity contribution is -0.132. The molecule has 1 aromatic heterocycles. The van der Waals surface area contributed by atoms with E-state index >= 15 is 0 Å². The molecule has 0 saturated carbocycles. The number of rotatable bonds is 5. The van der Waals surface area contributed by atoms with Gasteiger partial charge in [-0.15, -0.1) is 0 Å². The maximum atomic E-state index is 12.6. The van der Waals surface area contributed by atoms with Crippen LogP contribution in [0, 0.1) is 6.92 Å². The van der Waals surface area contributed by atoms with Crippen LogP contribution in [0.2, 0.25) is 0 Å². The van der Waals surface area contributed by atoms with Crippen LogP contribution in [-0.4, -0.2) is 58.1 Å². The van der Waals surface area contributed by atoms with Crippen LogP contribution in [0.15, 0.2) is 28.8 Å². The highest BCUT2D eigenvalue weighted by molar-refractivity contribution is 5.76. The number of benzene rings is 1. The lowest BCUT2D eigenvalue weighted by Gasteiger charge is -2.40. The number of amides is 1. The van der Waals surface area contributed by atoms with Crippen molar-refractivity contribution in [2.45, 2.75) is 57.9 Å². The Kier molecular flexibility index (Phi) is 6.05. The van der Waals surface area contributed by atoms with E-state index in [1.165, 1.54) is 32.4 Å². The van der Waals surface area contributed by atoms with Gasteiger partial charge in [0.2, 0.25) is 17.6 Å². The summed E-state index contributed by atoms with van der Waals surface area (Å²) in [6, 6.07) is 8.64. The molecule has 0 atom stereocenters. The fourth-order valence-electron chi connectivity index (χ4n) is 4.43. The summed E-state index contributed by atoms with van der Waals surface area (Å²) in [6.07, 6.45) is 7.16. The molecule has 2 saturated heterocycles. The van der Waals surface area contributed by atoms with Crippen LogP contribution >= 0.6 is 0 Å². The number of hydrogen-bond donors (Lipinski definition) is 0. The van der Waals surface area contributed by atoms with E-state index in [-0.39, 0.29) is 5.91 Å². The summed E-state index contributed by atoms with van der Waals surface area (Å²) in [6.45, 7) is 6.25. The van der Waals surface area contributed by atoms with Gasteiger partial charge in [-0.05, 0) is 51.3 Å². The van der Waals surface area contributed by atoms with E-state index in [1.807, 2.05) is 36.1 Å². The quantitative estimate of drug-likeness (QED) is 0.792. The molecule has 0 bridgehead atoms. The molecule has 4 rings (SSSR count). The normalized spacial score (nSPS) is 19.1. The van der Waals surface area contributed by atoms with Crippen LogP contribution in [0.4, 0.5) is 0 Å². The second-order valence-electron chi connectivity index (χ2n) is 8.04. The Morgan fingerprint density at radius 2 is 1.86 bits per heavy atom. The van der Waals surface area contributed by atoms with E-state index in [2.05, 4.69) is 15.0 Å². The Morgan fingerprint density at radius 1 is 1.11 bits per heavy atom. The Hall–Kier alpha value is -2.21. The molecule has 3 heterocycles. The fourth-order valence-corrected chi connectivity index (χ4v) is 4.43. The average molecular weight is 383 g/mol. The van der Waals surface area contributed by atoms with Crippen molar-refractivity contribution in [1.82, 2.24) is 19.9 Å². The highest BCUT2D eigenvalue weighted by Gasteiger charge is 2.27. The Labute approximate surface area is 166 Å². The first-order chi connectivity index (χ1) is 13.7. The van der Waals surface area contributed by atoms with Gasteiger partial charge in [-0.3, -0.25) is 4.79 Å². The number of piperidine rings is 2. The summed E-state index contributed by atoms with van der Waals surface area (Å²) in [5.41, 5.74) is 2.09. The zero-order valence-electron chi connectivity index (χ0n) is 16.8. The second kappa shape index (κ2) is 8.86. The van der Waals surface area contributed by atoms with Crippen molar-refractivity contribution in [3.05, 3.63) is 35.7 Å². The van der Waals surface area contributed by atoms with Crippen molar-refractivity contribution in [1.29, 1.82) is 0 Å². The Morgan fingerprint density at radius 3 is 2.61 bits per heavy atom. The third-order valence-electron chi connectivity index (χ3n) is 6.13. The predicted molar refractivity (Wildman–Crippen MR) is 108 cm³/mol. The molecule has 0 aliphatic carbocycles. The first kappa shape index (κ1) is 19.1. The molecule has 150 valence electrons.